The summed E-state index contributed by atoms with van der Waals surface area (Å²) in [5.41, 5.74) is -0.272. The zero-order chi connectivity index (χ0) is 15.6. The average molecular weight is 292 g/mol. The van der Waals surface area contributed by atoms with Crippen molar-refractivity contribution in [1.82, 2.24) is 0 Å². The summed E-state index contributed by atoms with van der Waals surface area (Å²) >= 11 is 0. The van der Waals surface area contributed by atoms with Crippen molar-refractivity contribution in [3.8, 4) is 11.1 Å². The van der Waals surface area contributed by atoms with E-state index in [-0.39, 0.29) is 22.3 Å². The average Bonchev–Trinajstić information content (AvgIpc) is 2.45. The molecule has 0 aliphatic rings. The van der Waals surface area contributed by atoms with E-state index in [2.05, 4.69) is 4.74 Å². The zero-order valence-corrected chi connectivity index (χ0v) is 10.9. The standard InChI is InChI=1S/C15H10F2O4/c1-21-15(20)11-4-2-8(6-13(11)17)12-7-9(16)3-5-10(12)14(18)19/h2-7H,1H3,(H,18,19). The lowest BCUT2D eigenvalue weighted by Gasteiger charge is -2.08. The van der Waals surface area contributed by atoms with Crippen LogP contribution in [0.25, 0.3) is 11.1 Å². The maximum Gasteiger partial charge on any atom is 0.340 e. The van der Waals surface area contributed by atoms with Gasteiger partial charge in [0.25, 0.3) is 0 Å². The summed E-state index contributed by atoms with van der Waals surface area (Å²) in [6.07, 6.45) is 0. The van der Waals surface area contributed by atoms with E-state index in [1.165, 1.54) is 6.07 Å². The predicted molar refractivity (Wildman–Crippen MR) is 70.1 cm³/mol. The van der Waals surface area contributed by atoms with Crippen LogP contribution in [0.15, 0.2) is 36.4 Å². The molecule has 0 spiro atoms. The lowest BCUT2D eigenvalue weighted by molar-refractivity contribution is 0.0594. The van der Waals surface area contributed by atoms with Gasteiger partial charge in [-0.1, -0.05) is 6.07 Å². The van der Waals surface area contributed by atoms with Crippen LogP contribution in [0.4, 0.5) is 8.78 Å². The largest absolute Gasteiger partial charge is 0.478 e. The molecule has 2 rings (SSSR count). The Morgan fingerprint density at radius 1 is 1.05 bits per heavy atom. The molecular formula is C15H10F2O4. The van der Waals surface area contributed by atoms with Crippen LogP contribution >= 0.6 is 0 Å². The third-order valence-electron chi connectivity index (χ3n) is 2.90. The molecule has 0 saturated heterocycles. The Morgan fingerprint density at radius 3 is 2.29 bits per heavy atom. The topological polar surface area (TPSA) is 63.6 Å². The summed E-state index contributed by atoms with van der Waals surface area (Å²) in [5, 5.41) is 9.08. The first-order chi connectivity index (χ1) is 9.93. The van der Waals surface area contributed by atoms with E-state index in [0.29, 0.717) is 0 Å². The van der Waals surface area contributed by atoms with E-state index in [0.717, 1.165) is 37.4 Å². The number of hydrogen-bond donors (Lipinski definition) is 1. The molecule has 0 fully saturated rings. The minimum absolute atomic E-state index is 0.0258. The normalized spacial score (nSPS) is 10.2. The molecule has 2 aromatic carbocycles. The fourth-order valence-corrected chi connectivity index (χ4v) is 1.90. The van der Waals surface area contributed by atoms with E-state index in [1.54, 1.807) is 0 Å². The summed E-state index contributed by atoms with van der Waals surface area (Å²) in [6.45, 7) is 0. The summed E-state index contributed by atoms with van der Waals surface area (Å²) in [5.74, 6) is -3.63. The molecule has 4 nitrogen and oxygen atoms in total. The Labute approximate surface area is 118 Å². The minimum Gasteiger partial charge on any atom is -0.478 e. The predicted octanol–water partition coefficient (Wildman–Crippen LogP) is 3.12. The van der Waals surface area contributed by atoms with Gasteiger partial charge < -0.3 is 9.84 Å². The van der Waals surface area contributed by atoms with Crippen molar-refractivity contribution in [2.45, 2.75) is 0 Å². The van der Waals surface area contributed by atoms with Gasteiger partial charge in [-0.15, -0.1) is 0 Å². The molecule has 0 atom stereocenters. The second kappa shape index (κ2) is 5.70. The number of carbonyl (C=O) groups is 2. The number of halogens is 2. The first-order valence-electron chi connectivity index (χ1n) is 5.85. The van der Waals surface area contributed by atoms with Gasteiger partial charge in [-0.25, -0.2) is 18.4 Å². The van der Waals surface area contributed by atoms with E-state index in [1.807, 2.05) is 0 Å². The van der Waals surface area contributed by atoms with Crippen LogP contribution in [-0.2, 0) is 4.74 Å². The highest BCUT2D eigenvalue weighted by atomic mass is 19.1. The molecule has 0 radical (unpaired) electrons. The van der Waals surface area contributed by atoms with Crippen molar-refractivity contribution in [3.63, 3.8) is 0 Å². The summed E-state index contributed by atoms with van der Waals surface area (Å²) in [6, 6.07) is 6.55. The van der Waals surface area contributed by atoms with Gasteiger partial charge in [0, 0.05) is 0 Å². The molecule has 21 heavy (non-hydrogen) atoms. The summed E-state index contributed by atoms with van der Waals surface area (Å²) in [7, 11) is 1.12. The van der Waals surface area contributed by atoms with E-state index in [9.17, 15) is 18.4 Å². The lowest BCUT2D eigenvalue weighted by atomic mass is 9.98. The van der Waals surface area contributed by atoms with Crippen molar-refractivity contribution in [3.05, 3.63) is 59.2 Å². The quantitative estimate of drug-likeness (QED) is 0.883. The first kappa shape index (κ1) is 14.6. The van der Waals surface area contributed by atoms with E-state index >= 15 is 0 Å². The number of carboxylic acid groups (broad SMARTS) is 1. The molecule has 0 bridgehead atoms. The van der Waals surface area contributed by atoms with Gasteiger partial charge in [0.05, 0.1) is 18.2 Å². The number of esters is 1. The summed E-state index contributed by atoms with van der Waals surface area (Å²) in [4.78, 5) is 22.4. The molecule has 0 heterocycles. The van der Waals surface area contributed by atoms with Gasteiger partial charge >= 0.3 is 11.9 Å². The van der Waals surface area contributed by atoms with Crippen LogP contribution in [0, 0.1) is 11.6 Å². The van der Waals surface area contributed by atoms with Gasteiger partial charge in [-0.05, 0) is 41.5 Å². The molecule has 108 valence electrons. The fraction of sp³-hybridized carbons (Fsp3) is 0.0667. The molecular weight excluding hydrogens is 282 g/mol. The van der Waals surface area contributed by atoms with Crippen LogP contribution in [0.5, 0.6) is 0 Å². The van der Waals surface area contributed by atoms with E-state index < -0.39 is 23.6 Å². The van der Waals surface area contributed by atoms with Gasteiger partial charge in [-0.2, -0.15) is 0 Å². The number of rotatable bonds is 3. The van der Waals surface area contributed by atoms with Crippen LogP contribution in [0.1, 0.15) is 20.7 Å². The van der Waals surface area contributed by atoms with E-state index in [4.69, 9.17) is 5.11 Å². The van der Waals surface area contributed by atoms with Crippen molar-refractivity contribution < 1.29 is 28.2 Å². The van der Waals surface area contributed by atoms with Crippen molar-refractivity contribution in [1.29, 1.82) is 0 Å². The highest BCUT2D eigenvalue weighted by Crippen LogP contribution is 2.27. The minimum atomic E-state index is -1.26. The molecule has 0 unspecified atom stereocenters. The first-order valence-corrected chi connectivity index (χ1v) is 5.85. The summed E-state index contributed by atoms with van der Waals surface area (Å²) < 4.78 is 31.6. The van der Waals surface area contributed by atoms with Crippen molar-refractivity contribution in [2.75, 3.05) is 7.11 Å². The third-order valence-corrected chi connectivity index (χ3v) is 2.90. The molecule has 0 aliphatic carbocycles. The maximum atomic E-state index is 13.9. The molecule has 0 saturated carbocycles. The Kier molecular flexibility index (Phi) is 3.98. The Bertz CT molecular complexity index is 726. The smallest absolute Gasteiger partial charge is 0.340 e. The van der Waals surface area contributed by atoms with Gasteiger partial charge in [0.15, 0.2) is 0 Å². The highest BCUT2D eigenvalue weighted by molar-refractivity contribution is 5.96. The van der Waals surface area contributed by atoms with Gasteiger partial charge in [0.2, 0.25) is 0 Å². The van der Waals surface area contributed by atoms with Crippen molar-refractivity contribution >= 4 is 11.9 Å². The molecule has 6 heteroatoms. The molecule has 0 aliphatic heterocycles. The zero-order valence-electron chi connectivity index (χ0n) is 10.9. The molecule has 2 aromatic rings. The number of carboxylic acids is 1. The van der Waals surface area contributed by atoms with Crippen LogP contribution in [0.3, 0.4) is 0 Å². The number of aromatic carboxylic acids is 1. The van der Waals surface area contributed by atoms with Crippen LogP contribution in [-0.4, -0.2) is 24.2 Å². The Balaban J connectivity index is 2.58. The highest BCUT2D eigenvalue weighted by Gasteiger charge is 2.17. The number of carbonyl (C=O) groups excluding carboxylic acids is 1. The Hall–Kier alpha value is -2.76. The molecule has 0 aromatic heterocycles. The third kappa shape index (κ3) is 2.89. The SMILES string of the molecule is COC(=O)c1ccc(-c2cc(F)ccc2C(=O)O)cc1F. The number of methoxy groups -OCH3 is 1. The monoisotopic (exact) mass is 292 g/mol. The van der Waals surface area contributed by atoms with Crippen LogP contribution < -0.4 is 0 Å². The number of ether oxygens (including phenoxy) is 1. The second-order valence-electron chi connectivity index (χ2n) is 4.18. The number of hydrogen-bond acceptors (Lipinski definition) is 3. The Morgan fingerprint density at radius 2 is 1.71 bits per heavy atom. The second-order valence-corrected chi connectivity index (χ2v) is 4.18. The lowest BCUT2D eigenvalue weighted by Crippen LogP contribution is -2.05. The maximum absolute atomic E-state index is 13.9. The van der Waals surface area contributed by atoms with Gasteiger partial charge in [-0.3, -0.25) is 0 Å². The fourth-order valence-electron chi connectivity index (χ4n) is 1.90. The van der Waals surface area contributed by atoms with Crippen molar-refractivity contribution in [2.24, 2.45) is 0 Å². The van der Waals surface area contributed by atoms with Gasteiger partial charge in [0.1, 0.15) is 11.6 Å². The van der Waals surface area contributed by atoms with Crippen LogP contribution in [0.2, 0.25) is 0 Å². The number of benzene rings is 2. The molecule has 1 N–H and O–H groups in total. The molecule has 0 amide bonds.